The van der Waals surface area contributed by atoms with Crippen molar-refractivity contribution in [2.75, 3.05) is 13.7 Å². The summed E-state index contributed by atoms with van der Waals surface area (Å²) in [5.41, 5.74) is -0.0988. The van der Waals surface area contributed by atoms with Gasteiger partial charge in [-0.25, -0.2) is 4.39 Å². The topological polar surface area (TPSA) is 58.6 Å². The van der Waals surface area contributed by atoms with Crippen LogP contribution < -0.4 is 10.1 Å². The summed E-state index contributed by atoms with van der Waals surface area (Å²) in [6, 6.07) is 4.14. The van der Waals surface area contributed by atoms with Crippen LogP contribution in [0.3, 0.4) is 0 Å². The lowest BCUT2D eigenvalue weighted by atomic mass is 9.94. The molecule has 1 aliphatic heterocycles. The van der Waals surface area contributed by atoms with Crippen LogP contribution in [0.25, 0.3) is 0 Å². The smallest absolute Gasteiger partial charge is 0.255 e. The van der Waals surface area contributed by atoms with E-state index in [9.17, 15) is 14.0 Å². The SMILES string of the molecule is COc1cccc(C(=O)N[C@H]2CCN(C3CCCCC3)C2=O)c1F. The Labute approximate surface area is 141 Å². The van der Waals surface area contributed by atoms with Crippen LogP contribution in [-0.2, 0) is 4.79 Å². The highest BCUT2D eigenvalue weighted by molar-refractivity contribution is 5.98. The summed E-state index contributed by atoms with van der Waals surface area (Å²) in [6.07, 6.45) is 6.19. The number of carbonyl (C=O) groups is 2. The number of amides is 2. The Morgan fingerprint density at radius 1 is 1.25 bits per heavy atom. The van der Waals surface area contributed by atoms with E-state index in [1.54, 1.807) is 6.07 Å². The number of halogens is 1. The first kappa shape index (κ1) is 16.7. The largest absolute Gasteiger partial charge is 0.494 e. The van der Waals surface area contributed by atoms with Gasteiger partial charge in [-0.3, -0.25) is 9.59 Å². The minimum atomic E-state index is -0.702. The first-order valence-corrected chi connectivity index (χ1v) is 8.55. The number of nitrogens with one attached hydrogen (secondary N) is 1. The molecule has 2 amide bonds. The Hall–Kier alpha value is -2.11. The number of likely N-dealkylation sites (tertiary alicyclic amines) is 1. The maximum absolute atomic E-state index is 14.2. The average molecular weight is 334 g/mol. The van der Waals surface area contributed by atoms with Gasteiger partial charge in [0, 0.05) is 12.6 Å². The van der Waals surface area contributed by atoms with Crippen molar-refractivity contribution in [3.63, 3.8) is 0 Å². The Morgan fingerprint density at radius 3 is 2.71 bits per heavy atom. The number of hydrogen-bond acceptors (Lipinski definition) is 3. The molecule has 1 aliphatic carbocycles. The highest BCUT2D eigenvalue weighted by atomic mass is 19.1. The second-order valence-electron chi connectivity index (χ2n) is 6.46. The lowest BCUT2D eigenvalue weighted by molar-refractivity contribution is -0.131. The maximum atomic E-state index is 14.2. The van der Waals surface area contributed by atoms with Crippen LogP contribution in [-0.4, -0.2) is 42.5 Å². The molecule has 0 radical (unpaired) electrons. The van der Waals surface area contributed by atoms with Gasteiger partial charge in [-0.15, -0.1) is 0 Å². The number of methoxy groups -OCH3 is 1. The lowest BCUT2D eigenvalue weighted by Gasteiger charge is -2.31. The highest BCUT2D eigenvalue weighted by Gasteiger charge is 2.37. The first-order valence-electron chi connectivity index (χ1n) is 8.55. The van der Waals surface area contributed by atoms with Crippen LogP contribution in [0.4, 0.5) is 4.39 Å². The third kappa shape index (κ3) is 3.23. The molecule has 1 saturated carbocycles. The Balaban J connectivity index is 1.66. The van der Waals surface area contributed by atoms with Crippen molar-refractivity contribution in [1.29, 1.82) is 0 Å². The lowest BCUT2D eigenvalue weighted by Crippen LogP contribution is -2.45. The van der Waals surface area contributed by atoms with Crippen LogP contribution in [0.2, 0.25) is 0 Å². The van der Waals surface area contributed by atoms with Crippen molar-refractivity contribution >= 4 is 11.8 Å². The van der Waals surface area contributed by atoms with Gasteiger partial charge in [0.2, 0.25) is 5.91 Å². The molecule has 1 N–H and O–H groups in total. The molecule has 1 aromatic carbocycles. The third-order valence-corrected chi connectivity index (χ3v) is 4.99. The maximum Gasteiger partial charge on any atom is 0.255 e. The first-order chi connectivity index (χ1) is 11.6. The van der Waals surface area contributed by atoms with Gasteiger partial charge < -0.3 is 15.0 Å². The third-order valence-electron chi connectivity index (χ3n) is 4.99. The molecule has 0 bridgehead atoms. The van der Waals surface area contributed by atoms with Crippen LogP contribution in [0, 0.1) is 5.82 Å². The molecule has 1 heterocycles. The van der Waals surface area contributed by atoms with Gasteiger partial charge in [-0.1, -0.05) is 25.3 Å². The van der Waals surface area contributed by atoms with Gasteiger partial charge in [-0.05, 0) is 31.4 Å². The van der Waals surface area contributed by atoms with Gasteiger partial charge >= 0.3 is 0 Å². The van der Waals surface area contributed by atoms with Crippen molar-refractivity contribution in [3.05, 3.63) is 29.6 Å². The Kier molecular flexibility index (Phi) is 5.02. The highest BCUT2D eigenvalue weighted by Crippen LogP contribution is 2.27. The van der Waals surface area contributed by atoms with E-state index >= 15 is 0 Å². The molecule has 0 aromatic heterocycles. The number of hydrogen-bond donors (Lipinski definition) is 1. The number of benzene rings is 1. The van der Waals surface area contributed by atoms with E-state index in [2.05, 4.69) is 5.32 Å². The Bertz CT molecular complexity index is 629. The van der Waals surface area contributed by atoms with Gasteiger partial charge in [0.05, 0.1) is 12.7 Å². The van der Waals surface area contributed by atoms with E-state index in [0.717, 1.165) is 25.7 Å². The van der Waals surface area contributed by atoms with Crippen molar-refractivity contribution in [1.82, 2.24) is 10.2 Å². The zero-order chi connectivity index (χ0) is 17.1. The molecule has 2 aliphatic rings. The zero-order valence-corrected chi connectivity index (χ0v) is 13.9. The summed E-state index contributed by atoms with van der Waals surface area (Å²) in [5.74, 6) is -1.30. The second-order valence-corrected chi connectivity index (χ2v) is 6.46. The molecule has 2 fully saturated rings. The summed E-state index contributed by atoms with van der Waals surface area (Å²) in [7, 11) is 1.35. The van der Waals surface area contributed by atoms with Crippen molar-refractivity contribution in [2.24, 2.45) is 0 Å². The molecule has 130 valence electrons. The molecule has 1 saturated heterocycles. The summed E-state index contributed by atoms with van der Waals surface area (Å²) in [5, 5.41) is 2.68. The van der Waals surface area contributed by atoms with Crippen molar-refractivity contribution in [2.45, 2.75) is 50.6 Å². The quantitative estimate of drug-likeness (QED) is 0.920. The van der Waals surface area contributed by atoms with Crippen LogP contribution in [0.15, 0.2) is 18.2 Å². The molecule has 6 heteroatoms. The normalized spacial score (nSPS) is 21.8. The van der Waals surface area contributed by atoms with Crippen LogP contribution >= 0.6 is 0 Å². The fraction of sp³-hybridized carbons (Fsp3) is 0.556. The molecule has 5 nitrogen and oxygen atoms in total. The molecule has 1 aromatic rings. The fourth-order valence-corrected chi connectivity index (χ4v) is 3.67. The van der Waals surface area contributed by atoms with E-state index in [1.165, 1.54) is 25.7 Å². The van der Waals surface area contributed by atoms with Gasteiger partial charge in [0.1, 0.15) is 6.04 Å². The van der Waals surface area contributed by atoms with Gasteiger partial charge in [-0.2, -0.15) is 0 Å². The van der Waals surface area contributed by atoms with Crippen LogP contribution in [0.1, 0.15) is 48.9 Å². The molecule has 1 atom stereocenters. The van der Waals surface area contributed by atoms with Crippen molar-refractivity contribution in [3.8, 4) is 5.75 Å². The minimum Gasteiger partial charge on any atom is -0.494 e. The van der Waals surface area contributed by atoms with E-state index in [1.807, 2.05) is 4.90 Å². The summed E-state index contributed by atoms with van der Waals surface area (Å²) >= 11 is 0. The number of ether oxygens (including phenoxy) is 1. The number of carbonyl (C=O) groups excluding carboxylic acids is 2. The monoisotopic (exact) mass is 334 g/mol. The number of nitrogens with zero attached hydrogens (tertiary/aromatic N) is 1. The van der Waals surface area contributed by atoms with Gasteiger partial charge in [0.15, 0.2) is 11.6 Å². The number of rotatable bonds is 4. The molecule has 24 heavy (non-hydrogen) atoms. The minimum absolute atomic E-state index is 0.0178. The molecule has 3 rings (SSSR count). The summed E-state index contributed by atoms with van der Waals surface area (Å²) < 4.78 is 19.1. The van der Waals surface area contributed by atoms with E-state index < -0.39 is 17.8 Å². The molecular formula is C18H23FN2O3. The van der Waals surface area contributed by atoms with E-state index in [-0.39, 0.29) is 17.2 Å². The Morgan fingerprint density at radius 2 is 2.00 bits per heavy atom. The molecule has 0 spiro atoms. The summed E-state index contributed by atoms with van der Waals surface area (Å²) in [4.78, 5) is 26.8. The zero-order valence-electron chi connectivity index (χ0n) is 13.9. The van der Waals surface area contributed by atoms with E-state index in [0.29, 0.717) is 19.0 Å². The van der Waals surface area contributed by atoms with Crippen LogP contribution in [0.5, 0.6) is 5.75 Å². The predicted molar refractivity (Wildman–Crippen MR) is 87.4 cm³/mol. The van der Waals surface area contributed by atoms with Crippen molar-refractivity contribution < 1.29 is 18.7 Å². The molecule has 0 unspecified atom stereocenters. The standard InChI is InChI=1S/C18H23FN2O3/c1-24-15-9-5-8-13(16(15)19)17(22)20-14-10-11-21(18(14)23)12-6-3-2-4-7-12/h5,8-9,12,14H,2-4,6-7,10-11H2,1H3,(H,20,22)/t14-/m0/s1. The summed E-state index contributed by atoms with van der Waals surface area (Å²) in [6.45, 7) is 0.662. The van der Waals surface area contributed by atoms with E-state index in [4.69, 9.17) is 4.74 Å². The predicted octanol–water partition coefficient (Wildman–Crippen LogP) is 2.50. The average Bonchev–Trinajstić information content (AvgIpc) is 2.96. The fourth-order valence-electron chi connectivity index (χ4n) is 3.67. The second kappa shape index (κ2) is 7.20. The van der Waals surface area contributed by atoms with Gasteiger partial charge in [0.25, 0.3) is 5.91 Å². The molecular weight excluding hydrogens is 311 g/mol.